The van der Waals surface area contributed by atoms with Crippen molar-refractivity contribution in [2.45, 2.75) is 30.2 Å². The van der Waals surface area contributed by atoms with Crippen LogP contribution in [-0.2, 0) is 21.4 Å². The van der Waals surface area contributed by atoms with Crippen LogP contribution in [0.15, 0.2) is 29.2 Å². The summed E-state index contributed by atoms with van der Waals surface area (Å²) in [6.45, 7) is 1.34. The lowest BCUT2D eigenvalue weighted by Gasteiger charge is -2.11. The van der Waals surface area contributed by atoms with Crippen LogP contribution < -0.4 is 10.6 Å². The quantitative estimate of drug-likeness (QED) is 0.787. The smallest absolute Gasteiger partial charge is 0.332 e. The highest BCUT2D eigenvalue weighted by molar-refractivity contribution is 7.86. The van der Waals surface area contributed by atoms with Crippen LogP contribution in [0, 0.1) is 0 Å². The van der Waals surface area contributed by atoms with E-state index in [0.717, 1.165) is 24.9 Å². The van der Waals surface area contributed by atoms with Crippen LogP contribution in [0.25, 0.3) is 0 Å². The predicted octanol–water partition coefficient (Wildman–Crippen LogP) is 0.755. The third-order valence-electron chi connectivity index (χ3n) is 3.29. The van der Waals surface area contributed by atoms with Crippen LogP contribution >= 0.6 is 0 Å². The minimum absolute atomic E-state index is 0.00884. The van der Waals surface area contributed by atoms with Crippen LogP contribution in [0.4, 0.5) is 3.89 Å². The molecule has 0 aromatic heterocycles. The van der Waals surface area contributed by atoms with E-state index in [1.54, 1.807) is 12.1 Å². The molecule has 110 valence electrons. The van der Waals surface area contributed by atoms with E-state index in [1.165, 1.54) is 12.1 Å². The minimum atomic E-state index is -4.64. The minimum Gasteiger partial charge on any atom is -0.354 e. The van der Waals surface area contributed by atoms with Crippen LogP contribution in [-0.4, -0.2) is 33.5 Å². The first-order chi connectivity index (χ1) is 9.47. The van der Waals surface area contributed by atoms with Gasteiger partial charge in [0.25, 0.3) is 0 Å². The zero-order valence-electron chi connectivity index (χ0n) is 10.9. The lowest BCUT2D eigenvalue weighted by Crippen LogP contribution is -2.41. The van der Waals surface area contributed by atoms with E-state index in [2.05, 4.69) is 10.6 Å². The van der Waals surface area contributed by atoms with Gasteiger partial charge in [-0.15, -0.1) is 3.89 Å². The van der Waals surface area contributed by atoms with Crippen molar-refractivity contribution in [2.75, 3.05) is 13.1 Å². The maximum absolute atomic E-state index is 12.7. The standard InChI is InChI=1S/C13H17FN2O3S/c14-20(18,19)11-5-3-10(4-6-11)7-9-16-13(17)12-2-1-8-15-12/h3-6,12,15H,1-2,7-9H2,(H,16,17). The number of amides is 1. The largest absolute Gasteiger partial charge is 0.354 e. The molecule has 1 atom stereocenters. The second kappa shape index (κ2) is 6.32. The first-order valence-electron chi connectivity index (χ1n) is 6.51. The van der Waals surface area contributed by atoms with Gasteiger partial charge in [0, 0.05) is 6.54 Å². The van der Waals surface area contributed by atoms with Gasteiger partial charge >= 0.3 is 10.2 Å². The molecule has 7 heteroatoms. The lowest BCUT2D eigenvalue weighted by atomic mass is 10.1. The Bertz CT molecular complexity index is 566. The van der Waals surface area contributed by atoms with Crippen molar-refractivity contribution in [3.8, 4) is 0 Å². The van der Waals surface area contributed by atoms with E-state index >= 15 is 0 Å². The van der Waals surface area contributed by atoms with E-state index in [0.29, 0.717) is 13.0 Å². The molecule has 2 rings (SSSR count). The van der Waals surface area contributed by atoms with E-state index in [9.17, 15) is 17.1 Å². The molecule has 0 radical (unpaired) electrons. The Balaban J connectivity index is 1.81. The first kappa shape index (κ1) is 14.9. The number of carbonyl (C=O) groups excluding carboxylic acids is 1. The molecule has 0 spiro atoms. The summed E-state index contributed by atoms with van der Waals surface area (Å²) in [5.41, 5.74) is 0.845. The SMILES string of the molecule is O=C(NCCc1ccc(S(=O)(=O)F)cc1)C1CCCN1. The molecule has 1 unspecified atom stereocenters. The monoisotopic (exact) mass is 300 g/mol. The average Bonchev–Trinajstić information content (AvgIpc) is 2.92. The Morgan fingerprint density at radius 3 is 2.60 bits per heavy atom. The summed E-state index contributed by atoms with van der Waals surface area (Å²) < 4.78 is 34.0. The van der Waals surface area contributed by atoms with Gasteiger partial charge in [0.15, 0.2) is 0 Å². The number of hydrogen-bond donors (Lipinski definition) is 2. The fraction of sp³-hybridized carbons (Fsp3) is 0.462. The Kier molecular flexibility index (Phi) is 4.72. The number of rotatable bonds is 5. The van der Waals surface area contributed by atoms with Crippen molar-refractivity contribution in [1.82, 2.24) is 10.6 Å². The summed E-state index contributed by atoms with van der Waals surface area (Å²) in [7, 11) is -4.64. The topological polar surface area (TPSA) is 75.3 Å². The van der Waals surface area contributed by atoms with E-state index in [-0.39, 0.29) is 16.8 Å². The van der Waals surface area contributed by atoms with Gasteiger partial charge in [-0.05, 0) is 43.5 Å². The highest BCUT2D eigenvalue weighted by Crippen LogP contribution is 2.13. The highest BCUT2D eigenvalue weighted by Gasteiger charge is 2.21. The van der Waals surface area contributed by atoms with Gasteiger partial charge in [0.2, 0.25) is 5.91 Å². The molecule has 1 heterocycles. The average molecular weight is 300 g/mol. The molecule has 2 N–H and O–H groups in total. The molecule has 5 nitrogen and oxygen atoms in total. The number of hydrogen-bond acceptors (Lipinski definition) is 4. The van der Waals surface area contributed by atoms with Crippen LogP contribution in [0.1, 0.15) is 18.4 Å². The molecule has 1 aliphatic heterocycles. The fourth-order valence-corrected chi connectivity index (χ4v) is 2.64. The third kappa shape index (κ3) is 4.01. The Labute approximate surface area is 117 Å². The molecule has 1 fully saturated rings. The summed E-state index contributed by atoms with van der Waals surface area (Å²) >= 11 is 0. The van der Waals surface area contributed by atoms with Gasteiger partial charge in [-0.3, -0.25) is 4.79 Å². The predicted molar refractivity (Wildman–Crippen MR) is 72.5 cm³/mol. The van der Waals surface area contributed by atoms with Crippen molar-refractivity contribution in [2.24, 2.45) is 0 Å². The van der Waals surface area contributed by atoms with E-state index < -0.39 is 10.2 Å². The van der Waals surface area contributed by atoms with Gasteiger partial charge in [0.1, 0.15) is 0 Å². The number of benzene rings is 1. The Morgan fingerprint density at radius 2 is 2.05 bits per heavy atom. The van der Waals surface area contributed by atoms with Gasteiger partial charge < -0.3 is 10.6 Å². The molecular weight excluding hydrogens is 283 g/mol. The zero-order valence-corrected chi connectivity index (χ0v) is 11.7. The van der Waals surface area contributed by atoms with Gasteiger partial charge in [-0.25, -0.2) is 0 Å². The third-order valence-corrected chi connectivity index (χ3v) is 4.13. The summed E-state index contributed by atoms with van der Waals surface area (Å²) in [5, 5.41) is 5.93. The number of halogens is 1. The fourth-order valence-electron chi connectivity index (χ4n) is 2.18. The molecular formula is C13H17FN2O3S. The first-order valence-corrected chi connectivity index (χ1v) is 7.90. The van der Waals surface area contributed by atoms with Crippen molar-refractivity contribution in [1.29, 1.82) is 0 Å². The van der Waals surface area contributed by atoms with Gasteiger partial charge in [-0.1, -0.05) is 12.1 Å². The molecule has 0 saturated carbocycles. The molecule has 1 aromatic carbocycles. The molecule has 1 saturated heterocycles. The zero-order chi connectivity index (χ0) is 14.6. The number of carbonyl (C=O) groups is 1. The molecule has 0 aliphatic carbocycles. The maximum atomic E-state index is 12.7. The molecule has 1 amide bonds. The van der Waals surface area contributed by atoms with Gasteiger partial charge in [0.05, 0.1) is 10.9 Å². The van der Waals surface area contributed by atoms with Crippen molar-refractivity contribution in [3.63, 3.8) is 0 Å². The van der Waals surface area contributed by atoms with Crippen molar-refractivity contribution < 1.29 is 17.1 Å². The maximum Gasteiger partial charge on any atom is 0.332 e. The normalized spacial score (nSPS) is 18.9. The van der Waals surface area contributed by atoms with Crippen LogP contribution in [0.5, 0.6) is 0 Å². The van der Waals surface area contributed by atoms with Crippen molar-refractivity contribution >= 4 is 16.1 Å². The number of nitrogens with one attached hydrogen (secondary N) is 2. The van der Waals surface area contributed by atoms with Crippen molar-refractivity contribution in [3.05, 3.63) is 29.8 Å². The Hall–Kier alpha value is -1.47. The van der Waals surface area contributed by atoms with Crippen LogP contribution in [0.3, 0.4) is 0 Å². The summed E-state index contributed by atoms with van der Waals surface area (Å²) in [6.07, 6.45) is 2.44. The summed E-state index contributed by atoms with van der Waals surface area (Å²) in [6, 6.07) is 5.45. The Morgan fingerprint density at radius 1 is 1.35 bits per heavy atom. The van der Waals surface area contributed by atoms with Crippen LogP contribution in [0.2, 0.25) is 0 Å². The highest BCUT2D eigenvalue weighted by atomic mass is 32.3. The van der Waals surface area contributed by atoms with E-state index in [4.69, 9.17) is 0 Å². The second-order valence-electron chi connectivity index (χ2n) is 4.77. The molecule has 1 aromatic rings. The van der Waals surface area contributed by atoms with Gasteiger partial charge in [-0.2, -0.15) is 8.42 Å². The second-order valence-corrected chi connectivity index (χ2v) is 6.12. The van der Waals surface area contributed by atoms with E-state index in [1.807, 2.05) is 0 Å². The summed E-state index contributed by atoms with van der Waals surface area (Å²) in [5.74, 6) is -0.00884. The molecule has 20 heavy (non-hydrogen) atoms. The molecule has 1 aliphatic rings. The molecule has 0 bridgehead atoms. The lowest BCUT2D eigenvalue weighted by molar-refractivity contribution is -0.122. The summed E-state index contributed by atoms with van der Waals surface area (Å²) in [4.78, 5) is 11.4.